The van der Waals surface area contributed by atoms with E-state index in [0.717, 1.165) is 19.4 Å². The molecule has 1 nitrogen and oxygen atoms in total. The first-order valence-corrected chi connectivity index (χ1v) is 10.6. The zero-order chi connectivity index (χ0) is 19.2. The molecule has 1 aliphatic rings. The fourth-order valence-corrected chi connectivity index (χ4v) is 4.14. The van der Waals surface area contributed by atoms with Crippen LogP contribution in [0.1, 0.15) is 62.6 Å². The van der Waals surface area contributed by atoms with Gasteiger partial charge in [-0.2, -0.15) is 0 Å². The van der Waals surface area contributed by atoms with Gasteiger partial charge in [0.1, 0.15) is 6.17 Å². The molecule has 2 aromatic rings. The third kappa shape index (κ3) is 5.65. The lowest BCUT2D eigenvalue weighted by molar-refractivity contribution is 0.143. The molecule has 27 heavy (non-hydrogen) atoms. The molecule has 2 aromatic carbocycles. The number of rotatable bonds is 10. The van der Waals surface area contributed by atoms with Gasteiger partial charge in [0, 0.05) is 24.5 Å². The molecule has 0 radical (unpaired) electrons. The number of hydrogen-bond donors (Lipinski definition) is 0. The van der Waals surface area contributed by atoms with E-state index in [-0.39, 0.29) is 5.92 Å². The number of alkyl halides is 1. The summed E-state index contributed by atoms with van der Waals surface area (Å²) in [5.41, 5.74) is 3.96. The van der Waals surface area contributed by atoms with Crippen LogP contribution < -0.4 is 0 Å². The number of aryl methyl sites for hydroxylation is 1. The second-order valence-corrected chi connectivity index (χ2v) is 8.27. The fourth-order valence-electron chi connectivity index (χ4n) is 4.14. The molecule has 0 saturated heterocycles. The molecule has 0 spiro atoms. The highest BCUT2D eigenvalue weighted by atomic mass is 19.1. The minimum absolute atomic E-state index is 0.164. The molecule has 3 unspecified atom stereocenters. The Morgan fingerprint density at radius 1 is 0.963 bits per heavy atom. The lowest BCUT2D eigenvalue weighted by atomic mass is 9.99. The second-order valence-electron chi connectivity index (χ2n) is 8.27. The third-order valence-electron chi connectivity index (χ3n) is 5.99. The summed E-state index contributed by atoms with van der Waals surface area (Å²) in [7, 11) is 0. The summed E-state index contributed by atoms with van der Waals surface area (Å²) in [4.78, 5) is 2.67. The predicted octanol–water partition coefficient (Wildman–Crippen LogP) is 6.18. The van der Waals surface area contributed by atoms with Crippen molar-refractivity contribution in [1.29, 1.82) is 0 Å². The third-order valence-corrected chi connectivity index (χ3v) is 5.99. The van der Waals surface area contributed by atoms with Crippen molar-refractivity contribution in [3.8, 4) is 0 Å². The SMILES string of the molecule is CCC(CCc1ccc(C2CC2F)cc1)N(CCc1ccccc1)C(C)C. The Bertz CT molecular complexity index is 679. The van der Waals surface area contributed by atoms with E-state index < -0.39 is 6.17 Å². The molecule has 0 amide bonds. The minimum atomic E-state index is -0.607. The van der Waals surface area contributed by atoms with Gasteiger partial charge >= 0.3 is 0 Å². The van der Waals surface area contributed by atoms with E-state index >= 15 is 0 Å². The van der Waals surface area contributed by atoms with Gasteiger partial charge in [0.05, 0.1) is 0 Å². The minimum Gasteiger partial charge on any atom is -0.298 e. The van der Waals surface area contributed by atoms with Crippen LogP contribution in [0.5, 0.6) is 0 Å². The highest BCUT2D eigenvalue weighted by molar-refractivity contribution is 5.30. The molecule has 1 aliphatic carbocycles. The molecule has 1 fully saturated rings. The summed E-state index contributed by atoms with van der Waals surface area (Å²) in [5.74, 6) is 0.164. The van der Waals surface area contributed by atoms with Crippen LogP contribution in [0.25, 0.3) is 0 Å². The summed E-state index contributed by atoms with van der Waals surface area (Å²) in [6.07, 6.45) is 4.66. The number of benzene rings is 2. The standard InChI is InChI=1S/C25H34FN/c1-4-23(27(19(2)3)17-16-20-8-6-5-7-9-20)15-12-21-10-13-22(14-11-21)24-18-25(24)26/h5-11,13-14,19,23-25H,4,12,15-18H2,1-3H3. The van der Waals surface area contributed by atoms with Crippen LogP contribution in [0.15, 0.2) is 54.6 Å². The number of hydrogen-bond acceptors (Lipinski definition) is 1. The van der Waals surface area contributed by atoms with E-state index in [2.05, 4.69) is 80.3 Å². The fraction of sp³-hybridized carbons (Fsp3) is 0.520. The Balaban J connectivity index is 1.54. The summed E-state index contributed by atoms with van der Waals surface area (Å²) >= 11 is 0. The average Bonchev–Trinajstić information content (AvgIpc) is 3.42. The van der Waals surface area contributed by atoms with Crippen molar-refractivity contribution < 1.29 is 4.39 Å². The predicted molar refractivity (Wildman–Crippen MR) is 113 cm³/mol. The van der Waals surface area contributed by atoms with E-state index in [1.54, 1.807) is 0 Å². The monoisotopic (exact) mass is 367 g/mol. The molecule has 0 heterocycles. The molecule has 146 valence electrons. The lowest BCUT2D eigenvalue weighted by Crippen LogP contribution is -2.41. The smallest absolute Gasteiger partial charge is 0.108 e. The quantitative estimate of drug-likeness (QED) is 0.485. The molecular weight excluding hydrogens is 333 g/mol. The number of nitrogens with zero attached hydrogens (tertiary/aromatic N) is 1. The second kappa shape index (κ2) is 9.50. The molecule has 1 saturated carbocycles. The van der Waals surface area contributed by atoms with Gasteiger partial charge < -0.3 is 0 Å². The Morgan fingerprint density at radius 3 is 2.15 bits per heavy atom. The van der Waals surface area contributed by atoms with Crippen LogP contribution in [-0.2, 0) is 12.8 Å². The Kier molecular flexibility index (Phi) is 7.07. The van der Waals surface area contributed by atoms with Crippen LogP contribution in [0.4, 0.5) is 4.39 Å². The van der Waals surface area contributed by atoms with Crippen LogP contribution >= 0.6 is 0 Å². The van der Waals surface area contributed by atoms with Gasteiger partial charge in [-0.1, -0.05) is 61.5 Å². The van der Waals surface area contributed by atoms with E-state index in [9.17, 15) is 4.39 Å². The van der Waals surface area contributed by atoms with Crippen molar-refractivity contribution in [2.24, 2.45) is 0 Å². The Hall–Kier alpha value is -1.67. The van der Waals surface area contributed by atoms with Gasteiger partial charge in [-0.05, 0) is 62.6 Å². The van der Waals surface area contributed by atoms with E-state index in [0.29, 0.717) is 18.5 Å². The van der Waals surface area contributed by atoms with Gasteiger partial charge in [-0.25, -0.2) is 4.39 Å². The summed E-state index contributed by atoms with van der Waals surface area (Å²) in [6.45, 7) is 8.04. The molecule has 0 aromatic heterocycles. The molecule has 0 bridgehead atoms. The first-order chi connectivity index (χ1) is 13.1. The van der Waals surface area contributed by atoms with Crippen molar-refractivity contribution in [1.82, 2.24) is 4.90 Å². The van der Waals surface area contributed by atoms with Crippen molar-refractivity contribution in [2.45, 2.75) is 77.0 Å². The van der Waals surface area contributed by atoms with Gasteiger partial charge in [0.15, 0.2) is 0 Å². The van der Waals surface area contributed by atoms with Crippen LogP contribution in [-0.4, -0.2) is 29.7 Å². The van der Waals surface area contributed by atoms with Crippen molar-refractivity contribution >= 4 is 0 Å². The Labute approximate surface area is 164 Å². The average molecular weight is 368 g/mol. The van der Waals surface area contributed by atoms with Gasteiger partial charge in [0.2, 0.25) is 0 Å². The molecule has 3 rings (SSSR count). The first kappa shape index (κ1) is 20.1. The largest absolute Gasteiger partial charge is 0.298 e. The molecule has 3 atom stereocenters. The molecule has 2 heteroatoms. The maximum Gasteiger partial charge on any atom is 0.108 e. The van der Waals surface area contributed by atoms with E-state index in [1.807, 2.05) is 0 Å². The van der Waals surface area contributed by atoms with Crippen molar-refractivity contribution in [3.63, 3.8) is 0 Å². The molecule has 0 N–H and O–H groups in total. The van der Waals surface area contributed by atoms with Crippen molar-refractivity contribution in [3.05, 3.63) is 71.3 Å². The van der Waals surface area contributed by atoms with Gasteiger partial charge in [-0.15, -0.1) is 0 Å². The zero-order valence-electron chi connectivity index (χ0n) is 17.1. The summed E-state index contributed by atoms with van der Waals surface area (Å²) in [6, 6.07) is 20.6. The van der Waals surface area contributed by atoms with E-state index in [1.165, 1.54) is 29.5 Å². The first-order valence-electron chi connectivity index (χ1n) is 10.6. The maximum absolute atomic E-state index is 13.2. The lowest BCUT2D eigenvalue weighted by Gasteiger charge is -2.35. The van der Waals surface area contributed by atoms with Crippen LogP contribution in [0.2, 0.25) is 0 Å². The van der Waals surface area contributed by atoms with Crippen LogP contribution in [0.3, 0.4) is 0 Å². The topological polar surface area (TPSA) is 3.24 Å². The highest BCUT2D eigenvalue weighted by Gasteiger charge is 2.38. The van der Waals surface area contributed by atoms with Gasteiger partial charge in [0.25, 0.3) is 0 Å². The summed E-state index contributed by atoms with van der Waals surface area (Å²) < 4.78 is 13.2. The molecular formula is C25H34FN. The maximum atomic E-state index is 13.2. The number of halogens is 1. The van der Waals surface area contributed by atoms with Crippen LogP contribution in [0, 0.1) is 0 Å². The van der Waals surface area contributed by atoms with Gasteiger partial charge in [-0.3, -0.25) is 4.90 Å². The van der Waals surface area contributed by atoms with E-state index in [4.69, 9.17) is 0 Å². The van der Waals surface area contributed by atoms with Crippen molar-refractivity contribution in [2.75, 3.05) is 6.54 Å². The zero-order valence-corrected chi connectivity index (χ0v) is 17.1. The molecule has 0 aliphatic heterocycles. The Morgan fingerprint density at radius 2 is 1.59 bits per heavy atom. The normalized spacial score (nSPS) is 20.2. The summed E-state index contributed by atoms with van der Waals surface area (Å²) in [5, 5.41) is 0. The highest BCUT2D eigenvalue weighted by Crippen LogP contribution is 2.43.